The lowest BCUT2D eigenvalue weighted by Crippen LogP contribution is -2.13. The maximum absolute atomic E-state index is 12.0. The third-order valence-corrected chi connectivity index (χ3v) is 3.86. The zero-order valence-corrected chi connectivity index (χ0v) is 14.5. The first kappa shape index (κ1) is 16.8. The summed E-state index contributed by atoms with van der Waals surface area (Å²) in [6.45, 7) is 4.62. The van der Waals surface area contributed by atoms with Gasteiger partial charge in [0.1, 0.15) is 11.4 Å². The topological polar surface area (TPSA) is 95.7 Å². The molecule has 0 saturated heterocycles. The fourth-order valence-electron chi connectivity index (χ4n) is 2.46. The Morgan fingerprint density at radius 1 is 1.20 bits per heavy atom. The summed E-state index contributed by atoms with van der Waals surface area (Å²) in [5, 5.41) is 10.4. The van der Waals surface area contributed by atoms with Gasteiger partial charge in [0.2, 0.25) is 5.95 Å². The number of ether oxygens (including phenoxy) is 1. The van der Waals surface area contributed by atoms with E-state index in [4.69, 9.17) is 4.74 Å². The average molecular weight is 339 g/mol. The number of hydrogen-bond donors (Lipinski definition) is 3. The van der Waals surface area contributed by atoms with Crippen molar-refractivity contribution in [2.75, 3.05) is 12.4 Å². The van der Waals surface area contributed by atoms with E-state index in [1.807, 2.05) is 30.3 Å². The molecule has 0 spiro atoms. The van der Waals surface area contributed by atoms with Crippen molar-refractivity contribution in [3.05, 3.63) is 58.0 Å². The van der Waals surface area contributed by atoms with Gasteiger partial charge >= 0.3 is 0 Å². The number of aromatic amines is 2. The van der Waals surface area contributed by atoms with Crippen LogP contribution in [0.25, 0.3) is 11.4 Å². The second-order valence-corrected chi connectivity index (χ2v) is 6.01. The Labute approximate surface area is 145 Å². The van der Waals surface area contributed by atoms with E-state index in [9.17, 15) is 4.79 Å². The van der Waals surface area contributed by atoms with Crippen LogP contribution in [0.3, 0.4) is 0 Å². The quantitative estimate of drug-likeness (QED) is 0.642. The van der Waals surface area contributed by atoms with E-state index < -0.39 is 0 Å². The number of benzene rings is 1. The van der Waals surface area contributed by atoms with Crippen LogP contribution in [0.5, 0.6) is 5.75 Å². The lowest BCUT2D eigenvalue weighted by molar-refractivity contribution is 0.410. The molecule has 0 bridgehead atoms. The van der Waals surface area contributed by atoms with E-state index in [2.05, 4.69) is 39.3 Å². The lowest BCUT2D eigenvalue weighted by atomic mass is 10.1. The fourth-order valence-corrected chi connectivity index (χ4v) is 2.46. The molecule has 7 heteroatoms. The molecule has 130 valence electrons. The van der Waals surface area contributed by atoms with Crippen molar-refractivity contribution < 1.29 is 4.74 Å². The minimum Gasteiger partial charge on any atom is -0.496 e. The number of anilines is 1. The van der Waals surface area contributed by atoms with Gasteiger partial charge in [-0.1, -0.05) is 32.0 Å². The number of aromatic nitrogens is 4. The summed E-state index contributed by atoms with van der Waals surface area (Å²) in [6.07, 6.45) is 0. The van der Waals surface area contributed by atoms with Crippen LogP contribution in [0, 0.1) is 0 Å². The Bertz CT molecular complexity index is 914. The first-order chi connectivity index (χ1) is 12.1. The summed E-state index contributed by atoms with van der Waals surface area (Å²) in [7, 11) is 1.63. The van der Waals surface area contributed by atoms with Gasteiger partial charge in [-0.3, -0.25) is 14.9 Å². The number of para-hydroxylation sites is 1. The molecular formula is C18H21N5O2. The van der Waals surface area contributed by atoms with E-state index in [-0.39, 0.29) is 5.56 Å². The number of nitrogens with one attached hydrogen (secondary N) is 3. The van der Waals surface area contributed by atoms with Gasteiger partial charge in [0, 0.05) is 23.9 Å². The second kappa shape index (κ2) is 7.21. The highest BCUT2D eigenvalue weighted by molar-refractivity contribution is 5.55. The Morgan fingerprint density at radius 2 is 2.00 bits per heavy atom. The maximum Gasteiger partial charge on any atom is 0.252 e. The highest BCUT2D eigenvalue weighted by atomic mass is 16.5. The number of H-pyrrole nitrogens is 2. The summed E-state index contributed by atoms with van der Waals surface area (Å²) < 4.78 is 5.33. The van der Waals surface area contributed by atoms with Crippen LogP contribution < -0.4 is 15.6 Å². The molecule has 0 unspecified atom stereocenters. The van der Waals surface area contributed by atoms with Crippen LogP contribution in [0.15, 0.2) is 41.2 Å². The molecule has 0 amide bonds. The number of nitrogens with zero attached hydrogens (tertiary/aromatic N) is 2. The van der Waals surface area contributed by atoms with E-state index in [1.54, 1.807) is 7.11 Å². The lowest BCUT2D eigenvalue weighted by Gasteiger charge is -2.10. The minimum absolute atomic E-state index is 0.235. The van der Waals surface area contributed by atoms with Gasteiger partial charge in [-0.2, -0.15) is 5.10 Å². The molecule has 7 nitrogen and oxygen atoms in total. The molecule has 0 aliphatic heterocycles. The molecule has 25 heavy (non-hydrogen) atoms. The Balaban J connectivity index is 1.83. The summed E-state index contributed by atoms with van der Waals surface area (Å²) in [4.78, 5) is 19.1. The standard InChI is InChI=1S/C18H21N5O2/c1-11(2)13-8-15(23-22-13)14-9-17(24)21-18(20-14)19-10-12-6-4-5-7-16(12)25-3/h4-9,11H,10H2,1-3H3,(H,22,23)(H2,19,20,21,24). The van der Waals surface area contributed by atoms with Crippen molar-refractivity contribution in [2.45, 2.75) is 26.3 Å². The molecule has 0 aliphatic rings. The van der Waals surface area contributed by atoms with Gasteiger partial charge in [0.15, 0.2) is 0 Å². The second-order valence-electron chi connectivity index (χ2n) is 6.01. The van der Waals surface area contributed by atoms with Crippen LogP contribution in [0.4, 0.5) is 5.95 Å². The van der Waals surface area contributed by atoms with Crippen LogP contribution >= 0.6 is 0 Å². The SMILES string of the molecule is COc1ccccc1CNc1nc(-c2cc(C(C)C)[nH]n2)cc(=O)[nH]1. The zero-order chi connectivity index (χ0) is 17.8. The molecule has 0 radical (unpaired) electrons. The molecule has 1 aromatic carbocycles. The van der Waals surface area contributed by atoms with Crippen LogP contribution in [0.2, 0.25) is 0 Å². The molecule has 2 heterocycles. The summed E-state index contributed by atoms with van der Waals surface area (Å²) in [6, 6.07) is 11.0. The van der Waals surface area contributed by atoms with Gasteiger partial charge in [0.25, 0.3) is 5.56 Å². The van der Waals surface area contributed by atoms with Gasteiger partial charge in [0.05, 0.1) is 12.8 Å². The molecule has 3 rings (SSSR count). The fraction of sp³-hybridized carbons (Fsp3) is 0.278. The Hall–Kier alpha value is -3.09. The third-order valence-electron chi connectivity index (χ3n) is 3.86. The highest BCUT2D eigenvalue weighted by Crippen LogP contribution is 2.20. The normalized spacial score (nSPS) is 10.9. The van der Waals surface area contributed by atoms with Crippen LogP contribution in [-0.2, 0) is 6.54 Å². The van der Waals surface area contributed by atoms with E-state index in [1.165, 1.54) is 6.07 Å². The minimum atomic E-state index is -0.235. The molecule has 3 aromatic rings. The predicted molar refractivity (Wildman–Crippen MR) is 96.8 cm³/mol. The first-order valence-corrected chi connectivity index (χ1v) is 8.09. The van der Waals surface area contributed by atoms with Crippen molar-refractivity contribution in [1.29, 1.82) is 0 Å². The number of hydrogen-bond acceptors (Lipinski definition) is 5. The van der Waals surface area contributed by atoms with E-state index in [0.717, 1.165) is 17.0 Å². The van der Waals surface area contributed by atoms with Crippen molar-refractivity contribution in [2.24, 2.45) is 0 Å². The molecular weight excluding hydrogens is 318 g/mol. The van der Waals surface area contributed by atoms with Crippen molar-refractivity contribution >= 4 is 5.95 Å². The molecule has 0 atom stereocenters. The van der Waals surface area contributed by atoms with Crippen molar-refractivity contribution in [3.8, 4) is 17.1 Å². The summed E-state index contributed by atoms with van der Waals surface area (Å²) in [5.74, 6) is 1.50. The molecule has 2 aromatic heterocycles. The maximum atomic E-state index is 12.0. The van der Waals surface area contributed by atoms with Crippen LogP contribution in [-0.4, -0.2) is 27.3 Å². The van der Waals surface area contributed by atoms with Gasteiger partial charge < -0.3 is 10.1 Å². The zero-order valence-electron chi connectivity index (χ0n) is 14.5. The molecule has 3 N–H and O–H groups in total. The third kappa shape index (κ3) is 3.88. The number of rotatable bonds is 6. The molecule has 0 fully saturated rings. The van der Waals surface area contributed by atoms with Gasteiger partial charge in [-0.15, -0.1) is 0 Å². The van der Waals surface area contributed by atoms with Crippen molar-refractivity contribution in [1.82, 2.24) is 20.2 Å². The Morgan fingerprint density at radius 3 is 2.72 bits per heavy atom. The van der Waals surface area contributed by atoms with Gasteiger partial charge in [-0.05, 0) is 18.1 Å². The summed E-state index contributed by atoms with van der Waals surface area (Å²) >= 11 is 0. The summed E-state index contributed by atoms with van der Waals surface area (Å²) in [5.41, 5.74) is 2.91. The predicted octanol–water partition coefficient (Wildman–Crippen LogP) is 2.90. The highest BCUT2D eigenvalue weighted by Gasteiger charge is 2.10. The average Bonchev–Trinajstić information content (AvgIpc) is 3.10. The van der Waals surface area contributed by atoms with E-state index >= 15 is 0 Å². The largest absolute Gasteiger partial charge is 0.496 e. The Kier molecular flexibility index (Phi) is 4.83. The van der Waals surface area contributed by atoms with Crippen molar-refractivity contribution in [3.63, 3.8) is 0 Å². The monoisotopic (exact) mass is 339 g/mol. The smallest absolute Gasteiger partial charge is 0.252 e. The number of methoxy groups -OCH3 is 1. The van der Waals surface area contributed by atoms with Gasteiger partial charge in [-0.25, -0.2) is 4.98 Å². The van der Waals surface area contributed by atoms with Crippen LogP contribution in [0.1, 0.15) is 31.0 Å². The first-order valence-electron chi connectivity index (χ1n) is 8.09. The molecule has 0 saturated carbocycles. The molecule has 0 aliphatic carbocycles. The van der Waals surface area contributed by atoms with E-state index in [0.29, 0.717) is 29.8 Å².